The first-order valence-corrected chi connectivity index (χ1v) is 10.9. The first kappa shape index (κ1) is 20.7. The number of H-pyrrole nitrogens is 1. The zero-order valence-electron chi connectivity index (χ0n) is 18.1. The number of benzene rings is 1. The highest BCUT2D eigenvalue weighted by molar-refractivity contribution is 5.97. The summed E-state index contributed by atoms with van der Waals surface area (Å²) in [7, 11) is 0. The third-order valence-electron chi connectivity index (χ3n) is 5.56. The fourth-order valence-corrected chi connectivity index (χ4v) is 3.95. The highest BCUT2D eigenvalue weighted by Gasteiger charge is 2.20. The van der Waals surface area contributed by atoms with Crippen molar-refractivity contribution in [3.8, 4) is 22.4 Å². The van der Waals surface area contributed by atoms with Crippen molar-refractivity contribution >= 4 is 22.8 Å². The molecule has 4 aromatic rings. The minimum absolute atomic E-state index is 0.301. The smallest absolute Gasteiger partial charge is 0.323 e. The third-order valence-corrected chi connectivity index (χ3v) is 5.56. The monoisotopic (exact) mass is 442 g/mol. The van der Waals surface area contributed by atoms with Crippen molar-refractivity contribution in [2.75, 3.05) is 5.32 Å². The van der Waals surface area contributed by atoms with Gasteiger partial charge in [0, 0.05) is 52.4 Å². The van der Waals surface area contributed by atoms with E-state index in [4.69, 9.17) is 0 Å². The molecule has 0 saturated heterocycles. The molecule has 166 valence electrons. The van der Waals surface area contributed by atoms with Gasteiger partial charge >= 0.3 is 6.03 Å². The number of amides is 2. The van der Waals surface area contributed by atoms with Gasteiger partial charge in [0.05, 0.1) is 6.20 Å². The highest BCUT2D eigenvalue weighted by Crippen LogP contribution is 2.36. The quantitative estimate of drug-likeness (QED) is 0.376. The van der Waals surface area contributed by atoms with Gasteiger partial charge in [-0.05, 0) is 44.0 Å². The van der Waals surface area contributed by atoms with E-state index in [-0.39, 0.29) is 6.03 Å². The van der Waals surface area contributed by atoms with E-state index in [0.717, 1.165) is 24.1 Å². The Labute approximate surface area is 190 Å². The highest BCUT2D eigenvalue weighted by atomic mass is 19.1. The molecule has 0 unspecified atom stereocenters. The minimum atomic E-state index is -0.403. The second kappa shape index (κ2) is 8.74. The van der Waals surface area contributed by atoms with Crippen LogP contribution in [0, 0.1) is 5.82 Å². The maximum atomic E-state index is 14.9. The second-order valence-electron chi connectivity index (χ2n) is 7.76. The summed E-state index contributed by atoms with van der Waals surface area (Å²) in [6.45, 7) is 2.64. The summed E-state index contributed by atoms with van der Waals surface area (Å²) in [5.74, 6) is -0.403. The topological polar surface area (TPSA) is 87.6 Å². The lowest BCUT2D eigenvalue weighted by Crippen LogP contribution is -2.27. The molecule has 3 aromatic heterocycles. The van der Waals surface area contributed by atoms with E-state index in [0.29, 0.717) is 40.1 Å². The summed E-state index contributed by atoms with van der Waals surface area (Å²) in [6.07, 6.45) is 12.7. The van der Waals surface area contributed by atoms with E-state index in [2.05, 4.69) is 25.7 Å². The summed E-state index contributed by atoms with van der Waals surface area (Å²) in [4.78, 5) is 19.4. The molecule has 7 nitrogen and oxygen atoms in total. The van der Waals surface area contributed by atoms with Crippen molar-refractivity contribution in [3.05, 3.63) is 78.7 Å². The molecule has 1 aliphatic carbocycles. The third kappa shape index (κ3) is 4.15. The maximum Gasteiger partial charge on any atom is 0.323 e. The summed E-state index contributed by atoms with van der Waals surface area (Å²) in [5, 5.41) is 11.1. The van der Waals surface area contributed by atoms with Crippen molar-refractivity contribution in [2.45, 2.75) is 26.3 Å². The number of carbonyl (C=O) groups excluding carboxylic acids is 1. The van der Waals surface area contributed by atoms with E-state index in [1.165, 1.54) is 6.20 Å². The van der Waals surface area contributed by atoms with Crippen LogP contribution >= 0.6 is 0 Å². The van der Waals surface area contributed by atoms with Crippen molar-refractivity contribution in [1.82, 2.24) is 25.1 Å². The predicted molar refractivity (Wildman–Crippen MR) is 127 cm³/mol. The molecule has 0 radical (unpaired) electrons. The number of carbonyl (C=O) groups is 1. The summed E-state index contributed by atoms with van der Waals surface area (Å²) < 4.78 is 16.7. The van der Waals surface area contributed by atoms with Crippen LogP contribution < -0.4 is 10.6 Å². The number of fused-ring (bicyclic) bond motifs is 1. The van der Waals surface area contributed by atoms with Gasteiger partial charge in [-0.1, -0.05) is 24.3 Å². The number of aromatic nitrogens is 4. The average molecular weight is 442 g/mol. The Morgan fingerprint density at radius 2 is 2.03 bits per heavy atom. The van der Waals surface area contributed by atoms with E-state index < -0.39 is 5.82 Å². The molecular formula is C25H23FN6O. The van der Waals surface area contributed by atoms with Crippen LogP contribution in [0.4, 0.5) is 14.9 Å². The zero-order valence-corrected chi connectivity index (χ0v) is 18.1. The lowest BCUT2D eigenvalue weighted by atomic mass is 10.00. The number of aryl methyl sites for hydroxylation is 1. The van der Waals surface area contributed by atoms with Crippen molar-refractivity contribution in [2.24, 2.45) is 0 Å². The molecule has 8 heteroatoms. The van der Waals surface area contributed by atoms with Gasteiger partial charge in [0.25, 0.3) is 0 Å². The predicted octanol–water partition coefficient (Wildman–Crippen LogP) is 5.61. The normalized spacial score (nSPS) is 13.2. The Morgan fingerprint density at radius 3 is 2.79 bits per heavy atom. The molecule has 1 aromatic carbocycles. The van der Waals surface area contributed by atoms with E-state index in [9.17, 15) is 9.18 Å². The van der Waals surface area contributed by atoms with Crippen LogP contribution in [0.1, 0.15) is 19.8 Å². The largest absolute Gasteiger partial charge is 0.346 e. The fraction of sp³-hybridized carbons (Fsp3) is 0.160. The molecule has 5 rings (SSSR count). The molecular weight excluding hydrogens is 419 g/mol. The standard InChI is InChI=1S/C25H23FN6O/c1-2-32-15-20(22-19-12-13-27-24(19)28-14-21(22)26)23(31-32)16-8-10-18(11-9-16)30-25(33)29-17-6-4-3-5-7-17/h4,6-15H,2-3,5H2,1H3,(H,27,28)(H2,29,30,33). The van der Waals surface area contributed by atoms with Gasteiger partial charge in [0.2, 0.25) is 0 Å². The number of hydrogen-bond donors (Lipinski definition) is 3. The zero-order chi connectivity index (χ0) is 22.8. The molecule has 33 heavy (non-hydrogen) atoms. The van der Waals surface area contributed by atoms with Gasteiger partial charge in [-0.2, -0.15) is 5.10 Å². The summed E-state index contributed by atoms with van der Waals surface area (Å²) in [6, 6.07) is 8.87. The fourth-order valence-electron chi connectivity index (χ4n) is 3.95. The van der Waals surface area contributed by atoms with Gasteiger partial charge in [0.1, 0.15) is 17.2 Å². The number of allylic oxidation sites excluding steroid dienone is 3. The van der Waals surface area contributed by atoms with E-state index in [1.54, 1.807) is 10.9 Å². The number of anilines is 1. The Morgan fingerprint density at radius 1 is 1.18 bits per heavy atom. The molecule has 0 bridgehead atoms. The van der Waals surface area contributed by atoms with E-state index >= 15 is 0 Å². The molecule has 0 fully saturated rings. The molecule has 0 spiro atoms. The van der Waals surface area contributed by atoms with Crippen molar-refractivity contribution in [1.29, 1.82) is 0 Å². The number of aromatic amines is 1. The van der Waals surface area contributed by atoms with E-state index in [1.807, 2.05) is 61.7 Å². The van der Waals surface area contributed by atoms with Gasteiger partial charge in [0.15, 0.2) is 0 Å². The first-order chi connectivity index (χ1) is 16.1. The SMILES string of the molecule is CCn1cc(-c2c(F)cnc3[nH]ccc23)c(-c2ccc(NC(=O)NC3=CCCC=C3)cc2)n1. The van der Waals surface area contributed by atoms with Crippen LogP contribution in [-0.2, 0) is 6.54 Å². The Balaban J connectivity index is 1.44. The van der Waals surface area contributed by atoms with Crippen molar-refractivity contribution in [3.63, 3.8) is 0 Å². The molecule has 0 saturated carbocycles. The Hall–Kier alpha value is -4.20. The van der Waals surface area contributed by atoms with Gasteiger partial charge in [-0.25, -0.2) is 14.2 Å². The molecule has 3 heterocycles. The van der Waals surface area contributed by atoms with Crippen molar-refractivity contribution < 1.29 is 9.18 Å². The molecule has 2 amide bonds. The maximum absolute atomic E-state index is 14.9. The Bertz CT molecular complexity index is 1380. The first-order valence-electron chi connectivity index (χ1n) is 10.9. The van der Waals surface area contributed by atoms with Crippen LogP contribution in [-0.4, -0.2) is 25.8 Å². The summed E-state index contributed by atoms with van der Waals surface area (Å²) >= 11 is 0. The van der Waals surface area contributed by atoms with Crippen LogP contribution in [0.3, 0.4) is 0 Å². The van der Waals surface area contributed by atoms with Crippen LogP contribution in [0.25, 0.3) is 33.4 Å². The van der Waals surface area contributed by atoms with Crippen LogP contribution in [0.2, 0.25) is 0 Å². The minimum Gasteiger partial charge on any atom is -0.346 e. The van der Waals surface area contributed by atoms with Gasteiger partial charge in [-0.15, -0.1) is 0 Å². The van der Waals surface area contributed by atoms with Crippen LogP contribution in [0.5, 0.6) is 0 Å². The number of halogens is 1. The van der Waals surface area contributed by atoms with Crippen LogP contribution in [0.15, 0.2) is 72.8 Å². The summed E-state index contributed by atoms with van der Waals surface area (Å²) in [5.41, 5.74) is 4.70. The van der Waals surface area contributed by atoms with Gasteiger partial charge in [-0.3, -0.25) is 4.68 Å². The Kier molecular flexibility index (Phi) is 5.48. The molecule has 0 aliphatic heterocycles. The molecule has 1 aliphatic rings. The average Bonchev–Trinajstić information content (AvgIpc) is 3.47. The number of nitrogens with one attached hydrogen (secondary N) is 3. The number of hydrogen-bond acceptors (Lipinski definition) is 3. The number of urea groups is 1. The molecule has 3 N–H and O–H groups in total. The number of nitrogens with zero attached hydrogens (tertiary/aromatic N) is 3. The lowest BCUT2D eigenvalue weighted by molar-refractivity contribution is 0.254. The number of rotatable bonds is 5. The van der Waals surface area contributed by atoms with Gasteiger partial charge < -0.3 is 15.6 Å². The second-order valence-corrected chi connectivity index (χ2v) is 7.76. The lowest BCUT2D eigenvalue weighted by Gasteiger charge is -2.11. The molecule has 0 atom stereocenters. The number of pyridine rings is 1.